The van der Waals surface area contributed by atoms with Crippen molar-refractivity contribution in [2.45, 2.75) is 51.3 Å². The molecule has 27 heavy (non-hydrogen) atoms. The molecule has 3 nitrogen and oxygen atoms in total. The van der Waals surface area contributed by atoms with Crippen molar-refractivity contribution in [2.24, 2.45) is 11.8 Å². The first-order chi connectivity index (χ1) is 12.9. The van der Waals surface area contributed by atoms with Gasteiger partial charge in [0, 0.05) is 0 Å². The van der Waals surface area contributed by atoms with E-state index in [1.165, 1.54) is 25.0 Å². The third kappa shape index (κ3) is 5.78. The fourth-order valence-electron chi connectivity index (χ4n) is 3.36. The van der Waals surface area contributed by atoms with Crippen LogP contribution in [0.25, 0.3) is 0 Å². The van der Waals surface area contributed by atoms with Crippen LogP contribution in [0.3, 0.4) is 0 Å². The monoisotopic (exact) mass is 388 g/mol. The molecule has 0 bridgehead atoms. The van der Waals surface area contributed by atoms with E-state index in [1.54, 1.807) is 6.08 Å². The van der Waals surface area contributed by atoms with Crippen molar-refractivity contribution in [2.75, 3.05) is 13.2 Å². The molecule has 0 amide bonds. The predicted octanol–water partition coefficient (Wildman–Crippen LogP) is 6.03. The van der Waals surface area contributed by atoms with Crippen LogP contribution in [-0.2, 0) is 0 Å². The minimum absolute atomic E-state index is 0.0845. The van der Waals surface area contributed by atoms with Crippen molar-refractivity contribution < 1.29 is 31.8 Å². The molecule has 2 saturated carbocycles. The molecule has 0 aliphatic heterocycles. The number of allylic oxidation sites excluding steroid dienone is 1. The van der Waals surface area contributed by atoms with Gasteiger partial charge in [0.1, 0.15) is 6.61 Å². The topological polar surface area (TPSA) is 27.7 Å². The Kier molecular flexibility index (Phi) is 6.50. The summed E-state index contributed by atoms with van der Waals surface area (Å²) in [6, 6.07) is 2.54. The van der Waals surface area contributed by atoms with Gasteiger partial charge < -0.3 is 14.2 Å². The van der Waals surface area contributed by atoms with Crippen LogP contribution in [0.15, 0.2) is 24.3 Å². The lowest BCUT2D eigenvalue weighted by molar-refractivity contribution is -0.276. The largest absolute Gasteiger partial charge is 0.573 e. The number of rotatable bonds is 8. The molecule has 150 valence electrons. The van der Waals surface area contributed by atoms with E-state index >= 15 is 0 Å². The van der Waals surface area contributed by atoms with Crippen LogP contribution >= 0.6 is 0 Å². The summed E-state index contributed by atoms with van der Waals surface area (Å²) < 4.78 is 67.2. The Morgan fingerprint density at radius 1 is 0.963 bits per heavy atom. The molecule has 3 rings (SSSR count). The molecule has 0 radical (unpaired) electrons. The van der Waals surface area contributed by atoms with E-state index in [9.17, 15) is 17.6 Å². The number of hydrogen-bond donors (Lipinski definition) is 0. The van der Waals surface area contributed by atoms with Crippen LogP contribution in [0.5, 0.6) is 17.2 Å². The van der Waals surface area contributed by atoms with Gasteiger partial charge in [-0.05, 0) is 49.7 Å². The lowest BCUT2D eigenvalue weighted by atomic mass is 9.86. The summed E-state index contributed by atoms with van der Waals surface area (Å²) >= 11 is 0. The van der Waals surface area contributed by atoms with E-state index in [0.29, 0.717) is 11.8 Å². The molecule has 0 spiro atoms. The fraction of sp³-hybridized carbons (Fsp3) is 0.600. The Bertz CT molecular complexity index is 647. The second-order valence-corrected chi connectivity index (χ2v) is 7.14. The Morgan fingerprint density at radius 3 is 2.30 bits per heavy atom. The molecule has 0 N–H and O–H groups in total. The van der Waals surface area contributed by atoms with E-state index < -0.39 is 17.9 Å². The smallest absolute Gasteiger partial charge is 0.489 e. The van der Waals surface area contributed by atoms with E-state index in [2.05, 4.69) is 4.74 Å². The third-order valence-corrected chi connectivity index (χ3v) is 5.09. The van der Waals surface area contributed by atoms with Gasteiger partial charge in [-0.3, -0.25) is 0 Å². The summed E-state index contributed by atoms with van der Waals surface area (Å²) in [5.74, 6) is -1.92. The van der Waals surface area contributed by atoms with Crippen molar-refractivity contribution in [1.82, 2.24) is 0 Å². The van der Waals surface area contributed by atoms with Gasteiger partial charge in [-0.25, -0.2) is 0 Å². The molecule has 2 aliphatic carbocycles. The van der Waals surface area contributed by atoms with Crippen LogP contribution in [0.2, 0.25) is 0 Å². The normalized spacial score (nSPS) is 18.7. The highest BCUT2D eigenvalue weighted by molar-refractivity contribution is 5.47. The van der Waals surface area contributed by atoms with Crippen molar-refractivity contribution in [1.29, 1.82) is 0 Å². The lowest BCUT2D eigenvalue weighted by Crippen LogP contribution is -2.21. The Hall–Kier alpha value is -1.92. The molecule has 0 unspecified atom stereocenters. The molecule has 7 heteroatoms. The van der Waals surface area contributed by atoms with Gasteiger partial charge in [-0.15, -0.1) is 13.2 Å². The van der Waals surface area contributed by atoms with Gasteiger partial charge in [0.25, 0.3) is 0 Å². The fourth-order valence-corrected chi connectivity index (χ4v) is 3.36. The zero-order valence-corrected chi connectivity index (χ0v) is 15.1. The molecule has 1 aromatic carbocycles. The SMILES string of the molecule is Fc1c(OC/C=C/C2CCCC2)ccc(OCC2CCC2)c1OC(F)(F)F. The number of ether oxygens (including phenoxy) is 3. The first-order valence-electron chi connectivity index (χ1n) is 9.43. The van der Waals surface area contributed by atoms with Crippen molar-refractivity contribution in [3.8, 4) is 17.2 Å². The molecule has 0 atom stereocenters. The molecule has 2 fully saturated rings. The maximum atomic E-state index is 14.6. The average Bonchev–Trinajstić information content (AvgIpc) is 3.07. The Labute approximate surface area is 156 Å². The zero-order chi connectivity index (χ0) is 19.3. The van der Waals surface area contributed by atoms with Gasteiger partial charge >= 0.3 is 6.36 Å². The van der Waals surface area contributed by atoms with Crippen molar-refractivity contribution >= 4 is 0 Å². The second kappa shape index (κ2) is 8.85. The summed E-state index contributed by atoms with van der Waals surface area (Å²) in [5, 5.41) is 0. The highest BCUT2D eigenvalue weighted by atomic mass is 19.4. The zero-order valence-electron chi connectivity index (χ0n) is 15.1. The molecule has 0 saturated heterocycles. The number of alkyl halides is 3. The molecular weight excluding hydrogens is 364 g/mol. The van der Waals surface area contributed by atoms with Gasteiger partial charge in [-0.1, -0.05) is 31.4 Å². The highest BCUT2D eigenvalue weighted by Crippen LogP contribution is 2.40. The van der Waals surface area contributed by atoms with Crippen LogP contribution < -0.4 is 14.2 Å². The minimum atomic E-state index is -5.02. The summed E-state index contributed by atoms with van der Waals surface area (Å²) in [4.78, 5) is 0. The standard InChI is InChI=1S/C20H24F4O3/c21-18-16(25-12-4-9-14-5-1-2-6-14)10-11-17(19(18)27-20(22,23)24)26-13-15-7-3-8-15/h4,9-11,14-15H,1-3,5-8,12-13H2/b9-4+. The maximum Gasteiger partial charge on any atom is 0.573 e. The average molecular weight is 388 g/mol. The van der Waals surface area contributed by atoms with Crippen LogP contribution in [0, 0.1) is 17.7 Å². The first kappa shape index (κ1) is 19.8. The molecule has 0 heterocycles. The van der Waals surface area contributed by atoms with Crippen LogP contribution in [-0.4, -0.2) is 19.6 Å². The van der Waals surface area contributed by atoms with Crippen LogP contribution in [0.1, 0.15) is 44.9 Å². The van der Waals surface area contributed by atoms with Crippen LogP contribution in [0.4, 0.5) is 17.6 Å². The molecule has 2 aliphatic rings. The quantitative estimate of drug-likeness (QED) is 0.402. The van der Waals surface area contributed by atoms with Gasteiger partial charge in [0.05, 0.1) is 6.61 Å². The minimum Gasteiger partial charge on any atom is -0.489 e. The Balaban J connectivity index is 1.66. The summed E-state index contributed by atoms with van der Waals surface area (Å²) in [6.45, 7) is 0.332. The van der Waals surface area contributed by atoms with Gasteiger partial charge in [-0.2, -0.15) is 4.39 Å². The molecular formula is C20H24F4O3. The number of halogens is 4. The van der Waals surface area contributed by atoms with E-state index in [1.807, 2.05) is 6.08 Å². The van der Waals surface area contributed by atoms with E-state index in [-0.39, 0.29) is 24.7 Å². The van der Waals surface area contributed by atoms with Crippen molar-refractivity contribution in [3.05, 3.63) is 30.1 Å². The van der Waals surface area contributed by atoms with Gasteiger partial charge in [0.15, 0.2) is 11.5 Å². The van der Waals surface area contributed by atoms with E-state index in [0.717, 1.165) is 32.1 Å². The summed E-state index contributed by atoms with van der Waals surface area (Å²) in [6.07, 6.45) is 6.44. The van der Waals surface area contributed by atoms with E-state index in [4.69, 9.17) is 9.47 Å². The third-order valence-electron chi connectivity index (χ3n) is 5.09. The predicted molar refractivity (Wildman–Crippen MR) is 92.5 cm³/mol. The first-order valence-corrected chi connectivity index (χ1v) is 9.43. The summed E-state index contributed by atoms with van der Waals surface area (Å²) in [5.41, 5.74) is 0. The molecule has 1 aromatic rings. The second-order valence-electron chi connectivity index (χ2n) is 7.14. The lowest BCUT2D eigenvalue weighted by Gasteiger charge is -2.26. The summed E-state index contributed by atoms with van der Waals surface area (Å²) in [7, 11) is 0. The Morgan fingerprint density at radius 2 is 1.67 bits per heavy atom. The maximum absolute atomic E-state index is 14.6. The van der Waals surface area contributed by atoms with Gasteiger partial charge in [0.2, 0.25) is 11.6 Å². The number of benzene rings is 1. The number of hydrogen-bond acceptors (Lipinski definition) is 3. The highest BCUT2D eigenvalue weighted by Gasteiger charge is 2.35. The molecule has 0 aromatic heterocycles. The van der Waals surface area contributed by atoms with Crippen molar-refractivity contribution in [3.63, 3.8) is 0 Å².